The molecular formula is C26H34N4O8S3. The van der Waals surface area contributed by atoms with Crippen LogP contribution in [0.1, 0.15) is 30.9 Å². The molecule has 15 heteroatoms. The van der Waals surface area contributed by atoms with Gasteiger partial charge in [0.1, 0.15) is 21.8 Å². The van der Waals surface area contributed by atoms with Crippen molar-refractivity contribution in [3.05, 3.63) is 52.7 Å². The van der Waals surface area contributed by atoms with E-state index in [2.05, 4.69) is 9.88 Å². The molecule has 1 aliphatic rings. The predicted molar refractivity (Wildman–Crippen MR) is 153 cm³/mol. The van der Waals surface area contributed by atoms with Gasteiger partial charge in [-0.2, -0.15) is 4.31 Å². The van der Waals surface area contributed by atoms with Gasteiger partial charge in [-0.05, 0) is 50.4 Å². The van der Waals surface area contributed by atoms with Gasteiger partial charge >= 0.3 is 0 Å². The van der Waals surface area contributed by atoms with Crippen molar-refractivity contribution in [2.24, 2.45) is 5.92 Å². The van der Waals surface area contributed by atoms with Crippen molar-refractivity contribution < 1.29 is 36.0 Å². The van der Waals surface area contributed by atoms with Crippen LogP contribution in [0.2, 0.25) is 0 Å². The van der Waals surface area contributed by atoms with Crippen LogP contribution < -0.4 is 9.46 Å². The number of rotatable bonds is 9. The largest absolute Gasteiger partial charge is 0.488 e. The zero-order valence-corrected chi connectivity index (χ0v) is 25.8. The Morgan fingerprint density at radius 2 is 1.98 bits per heavy atom. The summed E-state index contributed by atoms with van der Waals surface area (Å²) in [6.07, 6.45) is -0.791. The monoisotopic (exact) mass is 626 g/mol. The lowest BCUT2D eigenvalue weighted by molar-refractivity contribution is -0.134. The number of amides is 1. The molecule has 12 nitrogen and oxygen atoms in total. The summed E-state index contributed by atoms with van der Waals surface area (Å²) in [7, 11) is -6.33. The van der Waals surface area contributed by atoms with Crippen molar-refractivity contribution in [2.75, 3.05) is 31.5 Å². The summed E-state index contributed by atoms with van der Waals surface area (Å²) in [5, 5.41) is 15.2. The zero-order chi connectivity index (χ0) is 30.1. The number of likely N-dealkylation sites (N-methyl/N-ethyl adjacent to an activating group) is 1. The molecule has 0 saturated carbocycles. The van der Waals surface area contributed by atoms with E-state index in [9.17, 15) is 26.7 Å². The van der Waals surface area contributed by atoms with Gasteiger partial charge in [0.25, 0.3) is 20.0 Å². The van der Waals surface area contributed by atoms with Crippen molar-refractivity contribution in [2.45, 2.75) is 55.4 Å². The van der Waals surface area contributed by atoms with E-state index in [1.165, 1.54) is 43.4 Å². The number of carbonyl (C=O) groups excluding carboxylic acids is 1. The first-order valence-electron chi connectivity index (χ1n) is 12.9. The molecule has 3 atom stereocenters. The van der Waals surface area contributed by atoms with E-state index >= 15 is 0 Å². The number of nitrogens with one attached hydrogen (secondary N) is 1. The van der Waals surface area contributed by atoms with Gasteiger partial charge in [0.05, 0.1) is 25.6 Å². The number of thiophene rings is 1. The molecule has 0 radical (unpaired) electrons. The van der Waals surface area contributed by atoms with E-state index in [0.29, 0.717) is 11.3 Å². The van der Waals surface area contributed by atoms with Crippen molar-refractivity contribution >= 4 is 43.0 Å². The lowest BCUT2D eigenvalue weighted by Crippen LogP contribution is -2.48. The van der Waals surface area contributed by atoms with Crippen LogP contribution in [0.3, 0.4) is 0 Å². The first-order chi connectivity index (χ1) is 19.2. The van der Waals surface area contributed by atoms with Crippen LogP contribution in [0.4, 0.5) is 5.69 Å². The number of sulfonamides is 2. The first kappa shape index (κ1) is 31.0. The van der Waals surface area contributed by atoms with Crippen molar-refractivity contribution in [3.8, 4) is 5.75 Å². The topological polar surface area (TPSA) is 159 Å². The summed E-state index contributed by atoms with van der Waals surface area (Å²) in [6.45, 7) is 6.56. The van der Waals surface area contributed by atoms with Crippen LogP contribution >= 0.6 is 11.3 Å². The molecule has 0 unspecified atom stereocenters. The minimum absolute atomic E-state index is 0.00317. The van der Waals surface area contributed by atoms with E-state index in [4.69, 9.17) is 9.26 Å². The number of aryl methyl sites for hydroxylation is 2. The minimum Gasteiger partial charge on any atom is -0.488 e. The average molecular weight is 627 g/mol. The number of ether oxygens (including phenoxy) is 1. The molecule has 41 heavy (non-hydrogen) atoms. The summed E-state index contributed by atoms with van der Waals surface area (Å²) >= 11 is 1.12. The van der Waals surface area contributed by atoms with E-state index in [-0.39, 0.29) is 64.2 Å². The van der Waals surface area contributed by atoms with Gasteiger partial charge in [-0.15, -0.1) is 11.3 Å². The van der Waals surface area contributed by atoms with Gasteiger partial charge in [0.15, 0.2) is 10.7 Å². The number of aromatic nitrogens is 1. The molecule has 2 N–H and O–H groups in total. The van der Waals surface area contributed by atoms with Gasteiger partial charge in [0, 0.05) is 30.8 Å². The minimum atomic E-state index is -4.04. The van der Waals surface area contributed by atoms with Crippen LogP contribution in [0.5, 0.6) is 5.75 Å². The molecule has 0 spiro atoms. The fourth-order valence-electron chi connectivity index (χ4n) is 4.69. The Hall–Kier alpha value is -2.98. The molecular weight excluding hydrogens is 593 g/mol. The zero-order valence-electron chi connectivity index (χ0n) is 23.4. The fourth-order valence-corrected chi connectivity index (χ4v) is 8.46. The van der Waals surface area contributed by atoms with Crippen LogP contribution in [0, 0.1) is 19.8 Å². The Balaban J connectivity index is 1.70. The molecule has 1 amide bonds. The molecule has 1 aliphatic heterocycles. The number of hydrogen-bond donors (Lipinski definition) is 2. The maximum absolute atomic E-state index is 13.4. The quantitative estimate of drug-likeness (QED) is 0.364. The van der Waals surface area contributed by atoms with E-state index in [1.807, 2.05) is 6.92 Å². The van der Waals surface area contributed by atoms with Gasteiger partial charge < -0.3 is 19.3 Å². The van der Waals surface area contributed by atoms with Crippen LogP contribution in [-0.2, 0) is 31.3 Å². The fraction of sp³-hybridized carbons (Fsp3) is 0.462. The summed E-state index contributed by atoms with van der Waals surface area (Å²) in [4.78, 5) is 14.9. The highest BCUT2D eigenvalue weighted by Gasteiger charge is 2.34. The second-order valence-corrected chi connectivity index (χ2v) is 15.0. The molecule has 0 bridgehead atoms. The second-order valence-electron chi connectivity index (χ2n) is 10.2. The van der Waals surface area contributed by atoms with E-state index in [1.54, 1.807) is 29.3 Å². The van der Waals surface area contributed by atoms with Crippen molar-refractivity contribution in [1.29, 1.82) is 0 Å². The number of nitrogens with zero attached hydrogens (tertiary/aromatic N) is 3. The Kier molecular flexibility index (Phi) is 9.13. The summed E-state index contributed by atoms with van der Waals surface area (Å²) in [6, 6.07) is 7.29. The Morgan fingerprint density at radius 3 is 2.59 bits per heavy atom. The maximum Gasteiger partial charge on any atom is 0.267 e. The summed E-state index contributed by atoms with van der Waals surface area (Å²) in [5.74, 6) is -0.133. The lowest BCUT2D eigenvalue weighted by atomic mass is 10.0. The Morgan fingerprint density at radius 1 is 1.24 bits per heavy atom. The molecule has 3 heterocycles. The van der Waals surface area contributed by atoms with Gasteiger partial charge in [0.2, 0.25) is 5.91 Å². The smallest absolute Gasteiger partial charge is 0.267 e. The van der Waals surface area contributed by atoms with E-state index < -0.39 is 32.2 Å². The molecule has 0 saturated heterocycles. The van der Waals surface area contributed by atoms with Crippen molar-refractivity contribution in [1.82, 2.24) is 14.4 Å². The highest BCUT2D eigenvalue weighted by Crippen LogP contribution is 2.31. The number of anilines is 1. The number of benzene rings is 1. The predicted octanol–water partition coefficient (Wildman–Crippen LogP) is 2.62. The highest BCUT2D eigenvalue weighted by atomic mass is 32.2. The SMILES string of the molecule is Cc1noc(C)c1S(=O)(=O)Nc1ccc2c(c1)CC(=O)N([C@@H](C)CO)C[C@H](C)[C@@H](CN(C)S(=O)(=O)c1cccs1)O2. The number of aliphatic hydroxyl groups excluding tert-OH is 1. The molecule has 2 aromatic heterocycles. The van der Waals surface area contributed by atoms with Crippen LogP contribution in [-0.4, -0.2) is 81.1 Å². The standard InChI is InChI=1S/C26H34N4O8S3/c1-16-13-30(17(2)15-31)24(32)12-20-11-21(28-40(33,34)26-18(3)27-38-19(26)4)8-9-22(20)37-23(16)14-29(5)41(35,36)25-7-6-10-39-25/h6-11,16-17,23,28,31H,12-15H2,1-5H3/t16-,17-,23+/m0/s1. The Labute approximate surface area is 244 Å². The Bertz CT molecular complexity index is 1580. The molecule has 1 aromatic carbocycles. The second kappa shape index (κ2) is 12.1. The molecule has 3 aromatic rings. The molecule has 4 rings (SSSR count). The number of fused-ring (bicyclic) bond motifs is 1. The molecule has 0 fully saturated rings. The maximum atomic E-state index is 13.4. The van der Waals surface area contributed by atoms with Gasteiger partial charge in [-0.3, -0.25) is 9.52 Å². The third-order valence-corrected chi connectivity index (χ3v) is 11.8. The number of aliphatic hydroxyl groups is 1. The van der Waals surface area contributed by atoms with Crippen LogP contribution in [0.15, 0.2) is 49.3 Å². The van der Waals surface area contributed by atoms with Gasteiger partial charge in [-0.25, -0.2) is 16.8 Å². The number of carbonyl (C=O) groups is 1. The summed E-state index contributed by atoms with van der Waals surface area (Å²) < 4.78 is 67.8. The molecule has 0 aliphatic carbocycles. The van der Waals surface area contributed by atoms with E-state index in [0.717, 1.165) is 11.3 Å². The summed E-state index contributed by atoms with van der Waals surface area (Å²) in [5.41, 5.74) is 0.818. The highest BCUT2D eigenvalue weighted by molar-refractivity contribution is 7.92. The van der Waals surface area contributed by atoms with Crippen LogP contribution in [0.25, 0.3) is 0 Å². The normalized spacial score (nSPS) is 19.2. The van der Waals surface area contributed by atoms with Gasteiger partial charge in [-0.1, -0.05) is 18.1 Å². The number of hydrogen-bond acceptors (Lipinski definition) is 10. The average Bonchev–Trinajstić information content (AvgIpc) is 3.57. The third kappa shape index (κ3) is 6.59. The molecule has 224 valence electrons. The lowest BCUT2D eigenvalue weighted by Gasteiger charge is -2.33. The third-order valence-electron chi connectivity index (χ3n) is 7.00. The van der Waals surface area contributed by atoms with Crippen molar-refractivity contribution in [3.63, 3.8) is 0 Å². The first-order valence-corrected chi connectivity index (χ1v) is 16.7.